The molecule has 2 heterocycles. The molecule has 0 aromatic heterocycles. The zero-order valence-corrected chi connectivity index (χ0v) is 12.9. The first kappa shape index (κ1) is 14.6. The first-order chi connectivity index (χ1) is 10.3. The van der Waals surface area contributed by atoms with Gasteiger partial charge in [0.1, 0.15) is 0 Å². The van der Waals surface area contributed by atoms with Crippen molar-refractivity contribution in [2.75, 3.05) is 19.6 Å². The Kier molecular flexibility index (Phi) is 4.59. The number of nitrogens with one attached hydrogen (secondary N) is 1. The fourth-order valence-electron chi connectivity index (χ4n) is 3.82. The van der Waals surface area contributed by atoms with Crippen LogP contribution in [0, 0.1) is 5.92 Å². The van der Waals surface area contributed by atoms with E-state index in [1.54, 1.807) is 0 Å². The third-order valence-electron chi connectivity index (χ3n) is 5.05. The van der Waals surface area contributed by atoms with Gasteiger partial charge in [0.25, 0.3) is 0 Å². The summed E-state index contributed by atoms with van der Waals surface area (Å²) in [5, 5.41) is 3.38. The normalized spacial score (nSPS) is 30.1. The molecule has 2 aliphatic rings. The van der Waals surface area contributed by atoms with Crippen LogP contribution in [-0.4, -0.2) is 36.5 Å². The zero-order chi connectivity index (χ0) is 14.7. The van der Waals surface area contributed by atoms with E-state index in [9.17, 15) is 4.79 Å². The predicted molar refractivity (Wildman–Crippen MR) is 85.2 cm³/mol. The van der Waals surface area contributed by atoms with E-state index < -0.39 is 0 Å². The van der Waals surface area contributed by atoms with Gasteiger partial charge in [-0.1, -0.05) is 43.7 Å². The molecule has 2 fully saturated rings. The topological polar surface area (TPSA) is 32.3 Å². The minimum atomic E-state index is 0.0687. The van der Waals surface area contributed by atoms with Crippen LogP contribution >= 0.6 is 0 Å². The van der Waals surface area contributed by atoms with Gasteiger partial charge in [0, 0.05) is 13.1 Å². The molecular formula is C18H26N2O. The van der Waals surface area contributed by atoms with Crippen molar-refractivity contribution in [2.24, 2.45) is 5.92 Å². The third kappa shape index (κ3) is 3.29. The van der Waals surface area contributed by atoms with Crippen molar-refractivity contribution < 1.29 is 4.79 Å². The van der Waals surface area contributed by atoms with E-state index in [1.807, 2.05) is 0 Å². The Balaban J connectivity index is 1.61. The first-order valence-corrected chi connectivity index (χ1v) is 8.33. The summed E-state index contributed by atoms with van der Waals surface area (Å²) in [5.41, 5.74) is 1.42. The molecule has 3 heteroatoms. The summed E-state index contributed by atoms with van der Waals surface area (Å²) < 4.78 is 0. The number of rotatable bonds is 2. The van der Waals surface area contributed by atoms with E-state index in [0.29, 0.717) is 17.7 Å². The molecule has 3 rings (SSSR count). The molecule has 1 aromatic rings. The maximum Gasteiger partial charge on any atom is 0.239 e. The van der Waals surface area contributed by atoms with Gasteiger partial charge in [-0.3, -0.25) is 4.79 Å². The van der Waals surface area contributed by atoms with Crippen LogP contribution in [-0.2, 0) is 4.79 Å². The lowest BCUT2D eigenvalue weighted by atomic mass is 9.81. The van der Waals surface area contributed by atoms with E-state index in [1.165, 1.54) is 18.4 Å². The van der Waals surface area contributed by atoms with Crippen LogP contribution in [0.1, 0.15) is 44.1 Å². The van der Waals surface area contributed by atoms with Gasteiger partial charge < -0.3 is 10.2 Å². The number of carbonyl (C=O) groups excluding carboxylic acids is 1. The second-order valence-electron chi connectivity index (χ2n) is 6.57. The van der Waals surface area contributed by atoms with Crippen LogP contribution in [0.25, 0.3) is 0 Å². The summed E-state index contributed by atoms with van der Waals surface area (Å²) in [5.74, 6) is 1.45. The second-order valence-corrected chi connectivity index (χ2v) is 6.57. The molecule has 0 radical (unpaired) electrons. The van der Waals surface area contributed by atoms with Crippen LogP contribution in [0.5, 0.6) is 0 Å². The molecule has 1 N–H and O–H groups in total. The summed E-state index contributed by atoms with van der Waals surface area (Å²) in [7, 11) is 0. The summed E-state index contributed by atoms with van der Waals surface area (Å²) in [6.45, 7) is 5.08. The summed E-state index contributed by atoms with van der Waals surface area (Å²) in [6.07, 6.45) is 4.48. The molecule has 0 aliphatic carbocycles. The number of likely N-dealkylation sites (tertiary alicyclic amines) is 1. The summed E-state index contributed by atoms with van der Waals surface area (Å²) >= 11 is 0. The Labute approximate surface area is 127 Å². The Morgan fingerprint density at radius 3 is 2.67 bits per heavy atom. The van der Waals surface area contributed by atoms with E-state index in [2.05, 4.69) is 47.5 Å². The van der Waals surface area contributed by atoms with Gasteiger partial charge in [0.05, 0.1) is 6.04 Å². The van der Waals surface area contributed by atoms with E-state index >= 15 is 0 Å². The van der Waals surface area contributed by atoms with Crippen molar-refractivity contribution in [2.45, 2.75) is 44.6 Å². The SMILES string of the molecule is CC1CN(C(=O)C2CCCCN2)CCC1c1ccccc1. The number of hydrogen-bond donors (Lipinski definition) is 1. The molecule has 21 heavy (non-hydrogen) atoms. The molecule has 1 amide bonds. The van der Waals surface area contributed by atoms with E-state index in [-0.39, 0.29) is 6.04 Å². The summed E-state index contributed by atoms with van der Waals surface area (Å²) in [4.78, 5) is 14.7. The van der Waals surface area contributed by atoms with Crippen molar-refractivity contribution in [3.8, 4) is 0 Å². The Morgan fingerprint density at radius 2 is 2.00 bits per heavy atom. The molecule has 2 saturated heterocycles. The van der Waals surface area contributed by atoms with Gasteiger partial charge in [-0.05, 0) is 43.2 Å². The Bertz CT molecular complexity index is 467. The molecule has 0 saturated carbocycles. The number of nitrogens with zero attached hydrogens (tertiary/aromatic N) is 1. The number of hydrogen-bond acceptors (Lipinski definition) is 2. The predicted octanol–water partition coefficient (Wildman–Crippen LogP) is 2.78. The number of carbonyl (C=O) groups is 1. The highest BCUT2D eigenvalue weighted by molar-refractivity contribution is 5.82. The van der Waals surface area contributed by atoms with Crippen LogP contribution in [0.3, 0.4) is 0 Å². The Morgan fingerprint density at radius 1 is 1.19 bits per heavy atom. The third-order valence-corrected chi connectivity index (χ3v) is 5.05. The molecule has 0 bridgehead atoms. The van der Waals surface area contributed by atoms with Gasteiger partial charge in [0.15, 0.2) is 0 Å². The smallest absolute Gasteiger partial charge is 0.239 e. The van der Waals surface area contributed by atoms with Gasteiger partial charge in [-0.15, -0.1) is 0 Å². The first-order valence-electron chi connectivity index (χ1n) is 8.33. The lowest BCUT2D eigenvalue weighted by Crippen LogP contribution is -2.52. The molecule has 1 aromatic carbocycles. The largest absolute Gasteiger partial charge is 0.341 e. The molecular weight excluding hydrogens is 260 g/mol. The minimum absolute atomic E-state index is 0.0687. The highest BCUT2D eigenvalue weighted by Crippen LogP contribution is 2.33. The van der Waals surface area contributed by atoms with E-state index in [0.717, 1.165) is 32.5 Å². The zero-order valence-electron chi connectivity index (χ0n) is 12.9. The monoisotopic (exact) mass is 286 g/mol. The van der Waals surface area contributed by atoms with Gasteiger partial charge in [-0.25, -0.2) is 0 Å². The van der Waals surface area contributed by atoms with Crippen LogP contribution in [0.4, 0.5) is 0 Å². The van der Waals surface area contributed by atoms with Crippen molar-refractivity contribution in [1.29, 1.82) is 0 Å². The van der Waals surface area contributed by atoms with Crippen molar-refractivity contribution in [3.63, 3.8) is 0 Å². The number of amides is 1. The molecule has 2 aliphatic heterocycles. The molecule has 114 valence electrons. The number of benzene rings is 1. The fraction of sp³-hybridized carbons (Fsp3) is 0.611. The lowest BCUT2D eigenvalue weighted by molar-refractivity contribution is -0.136. The van der Waals surface area contributed by atoms with Gasteiger partial charge in [0.2, 0.25) is 5.91 Å². The minimum Gasteiger partial charge on any atom is -0.341 e. The average Bonchev–Trinajstić information content (AvgIpc) is 2.55. The molecule has 3 nitrogen and oxygen atoms in total. The second kappa shape index (κ2) is 6.61. The maximum atomic E-state index is 12.6. The standard InChI is InChI=1S/C18H26N2O/c1-14-13-20(18(21)17-9-5-6-11-19-17)12-10-16(14)15-7-3-2-4-8-15/h2-4,7-8,14,16-17,19H,5-6,9-13H2,1H3. The highest BCUT2D eigenvalue weighted by Gasteiger charge is 2.32. The fourth-order valence-corrected chi connectivity index (χ4v) is 3.82. The van der Waals surface area contributed by atoms with Crippen molar-refractivity contribution >= 4 is 5.91 Å². The lowest BCUT2D eigenvalue weighted by Gasteiger charge is -2.39. The van der Waals surface area contributed by atoms with Gasteiger partial charge in [-0.2, -0.15) is 0 Å². The van der Waals surface area contributed by atoms with Crippen LogP contribution in [0.2, 0.25) is 0 Å². The van der Waals surface area contributed by atoms with Crippen molar-refractivity contribution in [3.05, 3.63) is 35.9 Å². The average molecular weight is 286 g/mol. The highest BCUT2D eigenvalue weighted by atomic mass is 16.2. The van der Waals surface area contributed by atoms with Crippen LogP contribution in [0.15, 0.2) is 30.3 Å². The van der Waals surface area contributed by atoms with E-state index in [4.69, 9.17) is 0 Å². The maximum absolute atomic E-state index is 12.6. The quantitative estimate of drug-likeness (QED) is 0.906. The molecule has 3 unspecified atom stereocenters. The molecule has 3 atom stereocenters. The van der Waals surface area contributed by atoms with Crippen molar-refractivity contribution in [1.82, 2.24) is 10.2 Å². The van der Waals surface area contributed by atoms with Crippen LogP contribution < -0.4 is 5.32 Å². The Hall–Kier alpha value is -1.35. The van der Waals surface area contributed by atoms with Gasteiger partial charge >= 0.3 is 0 Å². The number of piperidine rings is 2. The molecule has 0 spiro atoms. The summed E-state index contributed by atoms with van der Waals surface area (Å²) in [6, 6.07) is 10.8.